The van der Waals surface area contributed by atoms with Crippen LogP contribution in [0.25, 0.3) is 21.9 Å². The van der Waals surface area contributed by atoms with Gasteiger partial charge in [-0.15, -0.1) is 0 Å². The van der Waals surface area contributed by atoms with Gasteiger partial charge in [0.2, 0.25) is 0 Å². The Morgan fingerprint density at radius 3 is 2.88 bits per heavy atom. The van der Waals surface area contributed by atoms with Gasteiger partial charge >= 0.3 is 0 Å². The molecule has 1 aromatic carbocycles. The molecule has 0 spiro atoms. The fourth-order valence-corrected chi connectivity index (χ4v) is 2.22. The second-order valence-electron chi connectivity index (χ2n) is 4.40. The van der Waals surface area contributed by atoms with E-state index in [4.69, 9.17) is 4.74 Å². The summed E-state index contributed by atoms with van der Waals surface area (Å²) >= 11 is 0. The summed E-state index contributed by atoms with van der Waals surface area (Å²) in [5.74, 6) is 1.25. The summed E-state index contributed by atoms with van der Waals surface area (Å²) in [6.45, 7) is 1.48. The summed E-state index contributed by atoms with van der Waals surface area (Å²) in [7, 11) is 0. The monoisotopic (exact) mass is 225 g/mol. The molecule has 3 heterocycles. The Kier molecular flexibility index (Phi) is 1.76. The highest BCUT2D eigenvalue weighted by Gasteiger charge is 2.23. The Morgan fingerprint density at radius 2 is 2.06 bits per heavy atom. The average molecular weight is 225 g/mol. The third kappa shape index (κ3) is 1.27. The van der Waals surface area contributed by atoms with Crippen molar-refractivity contribution in [1.29, 1.82) is 0 Å². The minimum absolute atomic E-state index is 0.366. The number of nitrogens with zero attached hydrogens (tertiary/aromatic N) is 2. The van der Waals surface area contributed by atoms with Gasteiger partial charge in [-0.3, -0.25) is 0 Å². The molecule has 0 bridgehead atoms. The minimum atomic E-state index is 0.366. The number of para-hydroxylation sites is 1. The van der Waals surface area contributed by atoms with E-state index < -0.39 is 0 Å². The van der Waals surface area contributed by atoms with E-state index in [1.54, 1.807) is 0 Å². The van der Waals surface area contributed by atoms with Gasteiger partial charge in [0.15, 0.2) is 0 Å². The quantitative estimate of drug-likeness (QED) is 0.691. The van der Waals surface area contributed by atoms with Crippen molar-refractivity contribution in [2.75, 3.05) is 13.2 Å². The molecular formula is C13H11N3O. The van der Waals surface area contributed by atoms with Gasteiger partial charge in [0.1, 0.15) is 11.5 Å². The van der Waals surface area contributed by atoms with Crippen LogP contribution in [0.3, 0.4) is 0 Å². The summed E-state index contributed by atoms with van der Waals surface area (Å²) in [6.07, 6.45) is 1.91. The van der Waals surface area contributed by atoms with E-state index >= 15 is 0 Å². The molecule has 1 fully saturated rings. The molecular weight excluding hydrogens is 214 g/mol. The molecule has 84 valence electrons. The Morgan fingerprint density at radius 1 is 1.18 bits per heavy atom. The first-order chi connectivity index (χ1) is 8.42. The number of hydrogen-bond acceptors (Lipinski definition) is 3. The highest BCUT2D eigenvalue weighted by atomic mass is 16.5. The normalized spacial score (nSPS) is 16.5. The molecule has 1 aliphatic heterocycles. The van der Waals surface area contributed by atoms with Crippen LogP contribution in [-0.2, 0) is 4.74 Å². The zero-order valence-electron chi connectivity index (χ0n) is 9.18. The number of H-pyrrole nitrogens is 1. The number of aromatic amines is 1. The third-order valence-corrected chi connectivity index (χ3v) is 3.28. The predicted molar refractivity (Wildman–Crippen MR) is 65.0 cm³/mol. The molecule has 0 radical (unpaired) electrons. The number of rotatable bonds is 1. The number of nitrogens with one attached hydrogen (secondary N) is 1. The van der Waals surface area contributed by atoms with Gasteiger partial charge in [0.25, 0.3) is 0 Å². The minimum Gasteiger partial charge on any atom is -0.380 e. The molecule has 3 aromatic rings. The van der Waals surface area contributed by atoms with Crippen LogP contribution in [0.1, 0.15) is 11.7 Å². The molecule has 4 rings (SSSR count). The van der Waals surface area contributed by atoms with Gasteiger partial charge in [0, 0.05) is 22.5 Å². The molecule has 4 heteroatoms. The van der Waals surface area contributed by atoms with Crippen LogP contribution in [0.2, 0.25) is 0 Å². The van der Waals surface area contributed by atoms with Gasteiger partial charge in [0.05, 0.1) is 19.1 Å². The van der Waals surface area contributed by atoms with Gasteiger partial charge in [-0.25, -0.2) is 9.97 Å². The van der Waals surface area contributed by atoms with Crippen LogP contribution in [0.5, 0.6) is 0 Å². The Bertz CT molecular complexity index is 700. The van der Waals surface area contributed by atoms with Gasteiger partial charge in [-0.2, -0.15) is 0 Å². The standard InChI is InChI=1S/C13H11N3O/c1-2-4-11-9(3-1)10-5-14-12(8-6-17-7-8)16-13(10)15-11/h1-5,8H,6-7H2,(H,14,15,16). The number of fused-ring (bicyclic) bond motifs is 3. The van der Waals surface area contributed by atoms with E-state index in [-0.39, 0.29) is 0 Å². The van der Waals surface area contributed by atoms with Crippen molar-refractivity contribution in [1.82, 2.24) is 15.0 Å². The lowest BCUT2D eigenvalue weighted by Crippen LogP contribution is -2.26. The SMILES string of the molecule is c1ccc2c(c1)[nH]c1nc(C3COC3)ncc12. The zero-order chi connectivity index (χ0) is 11.2. The summed E-state index contributed by atoms with van der Waals surface area (Å²) < 4.78 is 5.17. The second-order valence-corrected chi connectivity index (χ2v) is 4.40. The average Bonchev–Trinajstić information content (AvgIpc) is 2.64. The zero-order valence-corrected chi connectivity index (χ0v) is 9.18. The van der Waals surface area contributed by atoms with E-state index in [2.05, 4.69) is 27.1 Å². The highest BCUT2D eigenvalue weighted by molar-refractivity contribution is 6.05. The maximum atomic E-state index is 5.17. The number of ether oxygens (including phenoxy) is 1. The lowest BCUT2D eigenvalue weighted by molar-refractivity contribution is 0.00498. The third-order valence-electron chi connectivity index (χ3n) is 3.28. The highest BCUT2D eigenvalue weighted by Crippen LogP contribution is 2.26. The fourth-order valence-electron chi connectivity index (χ4n) is 2.22. The van der Waals surface area contributed by atoms with Crippen LogP contribution >= 0.6 is 0 Å². The molecule has 0 saturated carbocycles. The fraction of sp³-hybridized carbons (Fsp3) is 0.231. The van der Waals surface area contributed by atoms with Gasteiger partial charge < -0.3 is 9.72 Å². The van der Waals surface area contributed by atoms with Gasteiger partial charge in [-0.05, 0) is 6.07 Å². The van der Waals surface area contributed by atoms with Crippen LogP contribution < -0.4 is 0 Å². The molecule has 0 aliphatic carbocycles. The number of aromatic nitrogens is 3. The first-order valence-electron chi connectivity index (χ1n) is 5.73. The molecule has 1 saturated heterocycles. The summed E-state index contributed by atoms with van der Waals surface area (Å²) in [5.41, 5.74) is 2.03. The molecule has 0 amide bonds. The maximum Gasteiger partial charge on any atom is 0.142 e. The largest absolute Gasteiger partial charge is 0.380 e. The van der Waals surface area contributed by atoms with Crippen molar-refractivity contribution in [3.05, 3.63) is 36.3 Å². The van der Waals surface area contributed by atoms with Gasteiger partial charge in [-0.1, -0.05) is 18.2 Å². The Labute approximate surface area is 97.6 Å². The van der Waals surface area contributed by atoms with E-state index in [0.29, 0.717) is 5.92 Å². The molecule has 17 heavy (non-hydrogen) atoms. The summed E-state index contributed by atoms with van der Waals surface area (Å²) in [4.78, 5) is 12.4. The second kappa shape index (κ2) is 3.28. The van der Waals surface area contributed by atoms with E-state index in [9.17, 15) is 0 Å². The lowest BCUT2D eigenvalue weighted by Gasteiger charge is -2.24. The predicted octanol–water partition coefficient (Wildman–Crippen LogP) is 2.22. The Hall–Kier alpha value is -1.94. The van der Waals surface area contributed by atoms with Crippen molar-refractivity contribution in [3.63, 3.8) is 0 Å². The van der Waals surface area contributed by atoms with E-state index in [1.807, 2.05) is 18.3 Å². The van der Waals surface area contributed by atoms with Crippen LogP contribution in [0.4, 0.5) is 0 Å². The maximum absolute atomic E-state index is 5.17. The van der Waals surface area contributed by atoms with Crippen molar-refractivity contribution in [2.24, 2.45) is 0 Å². The molecule has 4 nitrogen and oxygen atoms in total. The van der Waals surface area contributed by atoms with Crippen LogP contribution in [-0.4, -0.2) is 28.2 Å². The molecule has 1 N–H and O–H groups in total. The molecule has 1 aliphatic rings. The molecule has 0 unspecified atom stereocenters. The number of benzene rings is 1. The Balaban J connectivity index is 1.97. The lowest BCUT2D eigenvalue weighted by atomic mass is 10.1. The first kappa shape index (κ1) is 9.13. The smallest absolute Gasteiger partial charge is 0.142 e. The van der Waals surface area contributed by atoms with Crippen LogP contribution in [0.15, 0.2) is 30.5 Å². The molecule has 2 aromatic heterocycles. The van der Waals surface area contributed by atoms with E-state index in [0.717, 1.165) is 35.6 Å². The topological polar surface area (TPSA) is 50.8 Å². The van der Waals surface area contributed by atoms with Crippen molar-refractivity contribution in [3.8, 4) is 0 Å². The first-order valence-corrected chi connectivity index (χ1v) is 5.73. The van der Waals surface area contributed by atoms with Crippen molar-refractivity contribution in [2.45, 2.75) is 5.92 Å². The molecule has 0 atom stereocenters. The number of hydrogen-bond donors (Lipinski definition) is 1. The van der Waals surface area contributed by atoms with E-state index in [1.165, 1.54) is 5.39 Å². The van der Waals surface area contributed by atoms with Crippen molar-refractivity contribution < 1.29 is 4.74 Å². The van der Waals surface area contributed by atoms with Crippen molar-refractivity contribution >= 4 is 21.9 Å². The van der Waals surface area contributed by atoms with Crippen LogP contribution in [0, 0.1) is 0 Å². The summed E-state index contributed by atoms with van der Waals surface area (Å²) in [6, 6.07) is 8.20. The summed E-state index contributed by atoms with van der Waals surface area (Å²) in [5, 5.41) is 2.27.